The molecule has 4 aromatic carbocycles. The van der Waals surface area contributed by atoms with E-state index in [4.69, 9.17) is 0 Å². The highest BCUT2D eigenvalue weighted by Gasteiger charge is 2.21. The van der Waals surface area contributed by atoms with Crippen molar-refractivity contribution in [2.75, 3.05) is 10.6 Å². The number of hydrogen-bond donors (Lipinski definition) is 2. The zero-order valence-electron chi connectivity index (χ0n) is 13.5. The lowest BCUT2D eigenvalue weighted by Gasteiger charge is -2.31. The summed E-state index contributed by atoms with van der Waals surface area (Å²) in [6.45, 7) is 2.21. The summed E-state index contributed by atoms with van der Waals surface area (Å²) in [5.74, 6) is 0. The van der Waals surface area contributed by atoms with Crippen LogP contribution in [0.1, 0.15) is 17.3 Å². The lowest BCUT2D eigenvalue weighted by molar-refractivity contribution is 0.889. The maximum Gasteiger partial charge on any atom is 0.123 e. The summed E-state index contributed by atoms with van der Waals surface area (Å²) in [6.07, 6.45) is 0.0788. The van der Waals surface area contributed by atoms with Crippen molar-refractivity contribution in [3.8, 4) is 0 Å². The van der Waals surface area contributed by atoms with Gasteiger partial charge in [-0.3, -0.25) is 0 Å². The second kappa shape index (κ2) is 5.00. The molecule has 0 saturated carbocycles. The van der Waals surface area contributed by atoms with Crippen LogP contribution in [-0.4, -0.2) is 0 Å². The van der Waals surface area contributed by atoms with Gasteiger partial charge in [-0.05, 0) is 46.3 Å². The maximum absolute atomic E-state index is 3.67. The molecule has 0 atom stereocenters. The van der Waals surface area contributed by atoms with E-state index in [0.717, 1.165) is 0 Å². The minimum Gasteiger partial charge on any atom is -0.361 e. The van der Waals surface area contributed by atoms with Crippen LogP contribution in [-0.2, 0) is 0 Å². The average Bonchev–Trinajstić information content (AvgIpc) is 2.63. The smallest absolute Gasteiger partial charge is 0.123 e. The quantitative estimate of drug-likeness (QED) is 0.461. The number of benzene rings is 4. The number of rotatable bonds is 1. The fourth-order valence-corrected chi connectivity index (χ4v) is 3.84. The monoisotopic (exact) mass is 310 g/mol. The van der Waals surface area contributed by atoms with Crippen LogP contribution in [0.25, 0.3) is 21.5 Å². The standard InChI is InChI=1S/C22H18N2/c1-14-17-9-3-2-6-15(17)12-13-18(14)22-23-19-10-4-7-16-8-5-11-20(24-22)21(16)19/h2-13,22-24H,1H3. The van der Waals surface area contributed by atoms with Gasteiger partial charge in [0, 0.05) is 16.8 Å². The summed E-state index contributed by atoms with van der Waals surface area (Å²) in [5.41, 5.74) is 5.00. The number of aryl methyl sites for hydroxylation is 1. The summed E-state index contributed by atoms with van der Waals surface area (Å²) in [6, 6.07) is 25.9. The first-order valence-corrected chi connectivity index (χ1v) is 8.34. The zero-order valence-corrected chi connectivity index (χ0v) is 13.5. The summed E-state index contributed by atoms with van der Waals surface area (Å²) in [4.78, 5) is 0. The molecule has 1 aliphatic heterocycles. The third-order valence-electron chi connectivity index (χ3n) is 5.06. The fraction of sp³-hybridized carbons (Fsp3) is 0.0909. The first kappa shape index (κ1) is 13.4. The summed E-state index contributed by atoms with van der Waals surface area (Å²) in [5, 5.41) is 12.5. The van der Waals surface area contributed by atoms with Gasteiger partial charge in [0.2, 0.25) is 0 Å². The molecule has 0 aromatic heterocycles. The molecule has 0 unspecified atom stereocenters. The third-order valence-corrected chi connectivity index (χ3v) is 5.06. The predicted molar refractivity (Wildman–Crippen MR) is 103 cm³/mol. The minimum absolute atomic E-state index is 0.0788. The molecule has 0 bridgehead atoms. The number of fused-ring (bicyclic) bond motifs is 1. The molecule has 0 aliphatic carbocycles. The Morgan fingerprint density at radius 2 is 1.33 bits per heavy atom. The second-order valence-corrected chi connectivity index (χ2v) is 6.43. The number of hydrogen-bond acceptors (Lipinski definition) is 2. The highest BCUT2D eigenvalue weighted by atomic mass is 15.1. The van der Waals surface area contributed by atoms with Crippen molar-refractivity contribution in [2.24, 2.45) is 0 Å². The molecule has 1 heterocycles. The highest BCUT2D eigenvalue weighted by Crippen LogP contribution is 2.39. The van der Waals surface area contributed by atoms with Crippen LogP contribution >= 0.6 is 0 Å². The first-order valence-electron chi connectivity index (χ1n) is 8.34. The van der Waals surface area contributed by atoms with Gasteiger partial charge in [0.1, 0.15) is 6.17 Å². The molecule has 116 valence electrons. The second-order valence-electron chi connectivity index (χ2n) is 6.43. The number of nitrogens with one attached hydrogen (secondary N) is 2. The molecule has 5 rings (SSSR count). The molecule has 0 spiro atoms. The third kappa shape index (κ3) is 1.89. The maximum atomic E-state index is 3.67. The van der Waals surface area contributed by atoms with E-state index < -0.39 is 0 Å². The van der Waals surface area contributed by atoms with Crippen LogP contribution in [0.5, 0.6) is 0 Å². The van der Waals surface area contributed by atoms with Gasteiger partial charge >= 0.3 is 0 Å². The van der Waals surface area contributed by atoms with E-state index in [0.29, 0.717) is 0 Å². The van der Waals surface area contributed by atoms with Gasteiger partial charge in [-0.1, -0.05) is 60.7 Å². The Balaban J connectivity index is 1.66. The van der Waals surface area contributed by atoms with E-state index in [2.05, 4.69) is 90.4 Å². The van der Waals surface area contributed by atoms with Gasteiger partial charge < -0.3 is 10.6 Å². The van der Waals surface area contributed by atoms with Crippen LogP contribution in [0.3, 0.4) is 0 Å². The van der Waals surface area contributed by atoms with Gasteiger partial charge in [-0.25, -0.2) is 0 Å². The van der Waals surface area contributed by atoms with E-state index >= 15 is 0 Å². The molecule has 2 nitrogen and oxygen atoms in total. The molecule has 24 heavy (non-hydrogen) atoms. The Labute approximate surface area is 141 Å². The van der Waals surface area contributed by atoms with Crippen molar-refractivity contribution in [2.45, 2.75) is 13.1 Å². The van der Waals surface area contributed by atoms with Crippen molar-refractivity contribution in [1.82, 2.24) is 0 Å². The molecule has 2 N–H and O–H groups in total. The van der Waals surface area contributed by atoms with E-state index in [9.17, 15) is 0 Å². The largest absolute Gasteiger partial charge is 0.361 e. The van der Waals surface area contributed by atoms with Crippen LogP contribution in [0.4, 0.5) is 11.4 Å². The Morgan fingerprint density at radius 3 is 2.08 bits per heavy atom. The Morgan fingerprint density at radius 1 is 0.667 bits per heavy atom. The average molecular weight is 310 g/mol. The molecule has 4 aromatic rings. The lowest BCUT2D eigenvalue weighted by Crippen LogP contribution is -2.24. The summed E-state index contributed by atoms with van der Waals surface area (Å²) in [7, 11) is 0. The first-order chi connectivity index (χ1) is 11.8. The topological polar surface area (TPSA) is 24.1 Å². The molecule has 0 radical (unpaired) electrons. The SMILES string of the molecule is Cc1c(C2Nc3cccc4cccc(c34)N2)ccc2ccccc12. The van der Waals surface area contributed by atoms with Gasteiger partial charge in [-0.2, -0.15) is 0 Å². The van der Waals surface area contributed by atoms with Crippen molar-refractivity contribution < 1.29 is 0 Å². The zero-order chi connectivity index (χ0) is 16.1. The van der Waals surface area contributed by atoms with E-state index in [1.807, 2.05) is 0 Å². The summed E-state index contributed by atoms with van der Waals surface area (Å²) >= 11 is 0. The van der Waals surface area contributed by atoms with Crippen molar-refractivity contribution in [3.05, 3.63) is 83.9 Å². The summed E-state index contributed by atoms with van der Waals surface area (Å²) < 4.78 is 0. The Kier molecular flexibility index (Phi) is 2.80. The van der Waals surface area contributed by atoms with Crippen molar-refractivity contribution in [1.29, 1.82) is 0 Å². The van der Waals surface area contributed by atoms with Gasteiger partial charge in [-0.15, -0.1) is 0 Å². The lowest BCUT2D eigenvalue weighted by atomic mass is 9.96. The predicted octanol–water partition coefficient (Wildman–Crippen LogP) is 5.84. The normalized spacial score (nSPS) is 13.7. The van der Waals surface area contributed by atoms with Crippen LogP contribution in [0.2, 0.25) is 0 Å². The highest BCUT2D eigenvalue weighted by molar-refractivity contribution is 6.05. The molecular formula is C22H18N2. The van der Waals surface area contributed by atoms with Crippen molar-refractivity contribution in [3.63, 3.8) is 0 Å². The molecule has 1 aliphatic rings. The molecule has 0 saturated heterocycles. The van der Waals surface area contributed by atoms with E-state index in [1.54, 1.807) is 0 Å². The van der Waals surface area contributed by atoms with E-state index in [-0.39, 0.29) is 6.17 Å². The Hall–Kier alpha value is -3.00. The van der Waals surface area contributed by atoms with E-state index in [1.165, 1.54) is 44.0 Å². The molecule has 2 heteroatoms. The van der Waals surface area contributed by atoms with Crippen LogP contribution in [0, 0.1) is 6.92 Å². The minimum atomic E-state index is 0.0788. The van der Waals surface area contributed by atoms with Gasteiger partial charge in [0.15, 0.2) is 0 Å². The van der Waals surface area contributed by atoms with Crippen LogP contribution < -0.4 is 10.6 Å². The Bertz CT molecular complexity index is 1040. The van der Waals surface area contributed by atoms with Gasteiger partial charge in [0.25, 0.3) is 0 Å². The fourth-order valence-electron chi connectivity index (χ4n) is 3.84. The van der Waals surface area contributed by atoms with Crippen molar-refractivity contribution >= 4 is 32.9 Å². The van der Waals surface area contributed by atoms with Gasteiger partial charge in [0.05, 0.1) is 0 Å². The molecule has 0 amide bonds. The number of anilines is 2. The molecule has 0 fully saturated rings. The molecular weight excluding hydrogens is 292 g/mol. The van der Waals surface area contributed by atoms with Crippen LogP contribution in [0.15, 0.2) is 72.8 Å².